The van der Waals surface area contributed by atoms with Gasteiger partial charge in [-0.15, -0.1) is 12.4 Å². The zero-order chi connectivity index (χ0) is 13.9. The first-order valence-electron chi connectivity index (χ1n) is 4.97. The second-order valence-electron chi connectivity index (χ2n) is 3.73. The van der Waals surface area contributed by atoms with Crippen LogP contribution in [0.25, 0.3) is 0 Å². The fraction of sp³-hybridized carbons (Fsp3) is 0.400. The summed E-state index contributed by atoms with van der Waals surface area (Å²) in [6, 6.07) is 2.82. The molecule has 0 bridgehead atoms. The van der Waals surface area contributed by atoms with Crippen LogP contribution in [0.3, 0.4) is 0 Å². The molecule has 0 unspecified atom stereocenters. The van der Waals surface area contributed by atoms with Gasteiger partial charge in [-0.3, -0.25) is 10.1 Å². The van der Waals surface area contributed by atoms with Crippen molar-refractivity contribution in [3.05, 3.63) is 38.9 Å². The molecule has 1 atom stereocenters. The second kappa shape index (κ2) is 6.93. The number of nitro groups is 1. The van der Waals surface area contributed by atoms with Crippen LogP contribution < -0.4 is 5.73 Å². The maximum atomic E-state index is 12.0. The van der Waals surface area contributed by atoms with Crippen molar-refractivity contribution < 1.29 is 18.1 Å². The Morgan fingerprint density at radius 1 is 1.42 bits per heavy atom. The number of nitrogens with zero attached hydrogens (tertiary/aromatic N) is 1. The molecule has 0 radical (unpaired) electrons. The summed E-state index contributed by atoms with van der Waals surface area (Å²) in [5.41, 5.74) is 5.45. The third-order valence-electron chi connectivity index (χ3n) is 2.33. The van der Waals surface area contributed by atoms with Gasteiger partial charge < -0.3 is 5.73 Å². The number of alkyl halides is 3. The molecule has 1 rings (SSSR count). The third-order valence-corrected chi connectivity index (χ3v) is 2.65. The van der Waals surface area contributed by atoms with Crippen molar-refractivity contribution in [3.63, 3.8) is 0 Å². The van der Waals surface area contributed by atoms with Gasteiger partial charge in [0.05, 0.1) is 4.92 Å². The maximum absolute atomic E-state index is 12.0. The van der Waals surface area contributed by atoms with Crippen molar-refractivity contribution in [2.75, 3.05) is 0 Å². The molecule has 1 aromatic rings. The number of hydrogen-bond acceptors (Lipinski definition) is 3. The average molecular weight is 319 g/mol. The van der Waals surface area contributed by atoms with E-state index in [9.17, 15) is 23.3 Å². The molecule has 0 saturated heterocycles. The van der Waals surface area contributed by atoms with E-state index in [1.165, 1.54) is 12.1 Å². The molecule has 0 aliphatic carbocycles. The van der Waals surface area contributed by atoms with Gasteiger partial charge in [0.2, 0.25) is 0 Å². The zero-order valence-electron chi connectivity index (χ0n) is 9.48. The number of nitrogens with two attached hydrogens (primary N) is 1. The Bertz CT molecular complexity index is 455. The minimum atomic E-state index is -4.30. The summed E-state index contributed by atoms with van der Waals surface area (Å²) in [6.07, 6.45) is -5.66. The summed E-state index contributed by atoms with van der Waals surface area (Å²) in [7, 11) is 0. The lowest BCUT2D eigenvalue weighted by Crippen LogP contribution is -2.15. The highest BCUT2D eigenvalue weighted by Crippen LogP contribution is 2.30. The molecule has 2 N–H and O–H groups in total. The molecule has 19 heavy (non-hydrogen) atoms. The lowest BCUT2D eigenvalue weighted by atomic mass is 10.0. The Kier molecular flexibility index (Phi) is 6.54. The topological polar surface area (TPSA) is 69.2 Å². The van der Waals surface area contributed by atoms with Crippen LogP contribution in [-0.2, 0) is 0 Å². The molecule has 9 heteroatoms. The minimum absolute atomic E-state index is 0. The molecule has 0 aliphatic rings. The van der Waals surface area contributed by atoms with Crippen LogP contribution >= 0.6 is 24.0 Å². The Balaban J connectivity index is 0.00000324. The highest BCUT2D eigenvalue weighted by Gasteiger charge is 2.28. The van der Waals surface area contributed by atoms with Crippen molar-refractivity contribution in [2.24, 2.45) is 5.73 Å². The molecule has 108 valence electrons. The van der Waals surface area contributed by atoms with E-state index in [1.807, 2.05) is 0 Å². The second-order valence-corrected chi connectivity index (χ2v) is 4.14. The van der Waals surface area contributed by atoms with Gasteiger partial charge in [-0.1, -0.05) is 17.7 Å². The van der Waals surface area contributed by atoms with E-state index in [-0.39, 0.29) is 35.1 Å². The standard InChI is InChI=1S/C10H10ClF3N2O2.ClH/c11-7-2-1-6(5-9(7)16(17)18)8(15)3-4-10(12,13)14;/h1-2,5,8H,3-4,15H2;1H/t8-;/m0./s1. The number of hydrogen-bond donors (Lipinski definition) is 1. The van der Waals surface area contributed by atoms with Gasteiger partial charge in [-0.2, -0.15) is 13.2 Å². The minimum Gasteiger partial charge on any atom is -0.324 e. The lowest BCUT2D eigenvalue weighted by Gasteiger charge is -2.13. The van der Waals surface area contributed by atoms with Crippen LogP contribution in [0.5, 0.6) is 0 Å². The van der Waals surface area contributed by atoms with Gasteiger partial charge in [0.1, 0.15) is 5.02 Å². The highest BCUT2D eigenvalue weighted by atomic mass is 35.5. The Morgan fingerprint density at radius 2 is 2.00 bits per heavy atom. The molecule has 0 saturated carbocycles. The smallest absolute Gasteiger partial charge is 0.324 e. The highest BCUT2D eigenvalue weighted by molar-refractivity contribution is 6.32. The number of rotatable bonds is 4. The molecule has 0 heterocycles. The maximum Gasteiger partial charge on any atom is 0.389 e. The van der Waals surface area contributed by atoms with Gasteiger partial charge in [0.25, 0.3) is 5.69 Å². The Labute approximate surface area is 118 Å². The summed E-state index contributed by atoms with van der Waals surface area (Å²) >= 11 is 5.58. The fourth-order valence-corrected chi connectivity index (χ4v) is 1.57. The molecule has 0 aromatic heterocycles. The molecule has 4 nitrogen and oxygen atoms in total. The first kappa shape index (κ1) is 17.9. The van der Waals surface area contributed by atoms with E-state index in [1.54, 1.807) is 0 Å². The molecule has 0 spiro atoms. The number of halogens is 5. The van der Waals surface area contributed by atoms with E-state index in [4.69, 9.17) is 17.3 Å². The van der Waals surface area contributed by atoms with Gasteiger partial charge >= 0.3 is 6.18 Å². The van der Waals surface area contributed by atoms with E-state index in [0.29, 0.717) is 0 Å². The third kappa shape index (κ3) is 5.63. The Hall–Kier alpha value is -1.05. The van der Waals surface area contributed by atoms with Gasteiger partial charge in [-0.25, -0.2) is 0 Å². The Morgan fingerprint density at radius 3 is 2.47 bits per heavy atom. The van der Waals surface area contributed by atoms with Gasteiger partial charge in [0.15, 0.2) is 0 Å². The molecule has 0 amide bonds. The molecule has 1 aromatic carbocycles. The van der Waals surface area contributed by atoms with Crippen molar-refractivity contribution in [2.45, 2.75) is 25.1 Å². The number of benzene rings is 1. The van der Waals surface area contributed by atoms with Gasteiger partial charge in [0, 0.05) is 18.5 Å². The zero-order valence-corrected chi connectivity index (χ0v) is 11.1. The van der Waals surface area contributed by atoms with E-state index in [0.717, 1.165) is 6.07 Å². The normalized spacial score (nSPS) is 12.7. The molecule has 0 fully saturated rings. The first-order chi connectivity index (χ1) is 8.20. The molecular formula is C10H11Cl2F3N2O2. The van der Waals surface area contributed by atoms with Crippen molar-refractivity contribution in [1.82, 2.24) is 0 Å². The van der Waals surface area contributed by atoms with Crippen molar-refractivity contribution >= 4 is 29.7 Å². The van der Waals surface area contributed by atoms with E-state index >= 15 is 0 Å². The first-order valence-corrected chi connectivity index (χ1v) is 5.34. The molecule has 0 aliphatic heterocycles. The van der Waals surface area contributed by atoms with Crippen LogP contribution in [0.4, 0.5) is 18.9 Å². The predicted octanol–water partition coefficient (Wildman–Crippen LogP) is 4.01. The van der Waals surface area contributed by atoms with Crippen LogP contribution in [0, 0.1) is 10.1 Å². The van der Waals surface area contributed by atoms with Crippen LogP contribution in [-0.4, -0.2) is 11.1 Å². The lowest BCUT2D eigenvalue weighted by molar-refractivity contribution is -0.384. The van der Waals surface area contributed by atoms with Crippen molar-refractivity contribution in [3.8, 4) is 0 Å². The van der Waals surface area contributed by atoms with Crippen molar-refractivity contribution in [1.29, 1.82) is 0 Å². The summed E-state index contributed by atoms with van der Waals surface area (Å²) in [5, 5.41) is 10.5. The SMILES string of the molecule is Cl.N[C@@H](CCC(F)(F)F)c1ccc(Cl)c([N+](=O)[O-])c1. The van der Waals surface area contributed by atoms with E-state index in [2.05, 4.69) is 0 Å². The summed E-state index contributed by atoms with van der Waals surface area (Å²) in [4.78, 5) is 9.91. The number of nitro benzene ring substituents is 1. The summed E-state index contributed by atoms with van der Waals surface area (Å²) in [6.45, 7) is 0. The predicted molar refractivity (Wildman–Crippen MR) is 67.6 cm³/mol. The fourth-order valence-electron chi connectivity index (χ4n) is 1.39. The summed E-state index contributed by atoms with van der Waals surface area (Å²) in [5.74, 6) is 0. The quantitative estimate of drug-likeness (QED) is 0.673. The average Bonchev–Trinajstić information content (AvgIpc) is 2.25. The van der Waals surface area contributed by atoms with E-state index < -0.39 is 23.6 Å². The summed E-state index contributed by atoms with van der Waals surface area (Å²) < 4.78 is 36.1. The van der Waals surface area contributed by atoms with Crippen LogP contribution in [0.2, 0.25) is 5.02 Å². The largest absolute Gasteiger partial charge is 0.389 e. The monoisotopic (exact) mass is 318 g/mol. The van der Waals surface area contributed by atoms with Gasteiger partial charge in [-0.05, 0) is 18.1 Å². The van der Waals surface area contributed by atoms with Crippen LogP contribution in [0.1, 0.15) is 24.4 Å². The molecular weight excluding hydrogens is 308 g/mol. The van der Waals surface area contributed by atoms with Crippen LogP contribution in [0.15, 0.2) is 18.2 Å².